The summed E-state index contributed by atoms with van der Waals surface area (Å²) in [5.41, 5.74) is 6.82. The van der Waals surface area contributed by atoms with Gasteiger partial charge in [0, 0.05) is 27.8 Å². The number of nitrogens with zero attached hydrogens (tertiary/aromatic N) is 5. The normalized spacial score (nSPS) is 11.3. The van der Waals surface area contributed by atoms with E-state index in [2.05, 4.69) is 46.5 Å². The van der Waals surface area contributed by atoms with E-state index in [9.17, 15) is 0 Å². The Bertz CT molecular complexity index is 1400. The fourth-order valence-corrected chi connectivity index (χ4v) is 4.65. The summed E-state index contributed by atoms with van der Waals surface area (Å²) in [6.07, 6.45) is 0. The van der Waals surface area contributed by atoms with E-state index in [1.807, 2.05) is 44.2 Å². The van der Waals surface area contributed by atoms with Crippen molar-refractivity contribution in [3.63, 3.8) is 0 Å². The molecule has 0 saturated heterocycles. The Morgan fingerprint density at radius 3 is 2.53 bits per heavy atom. The highest BCUT2D eigenvalue weighted by Crippen LogP contribution is 2.33. The van der Waals surface area contributed by atoms with Gasteiger partial charge in [-0.1, -0.05) is 64.9 Å². The van der Waals surface area contributed by atoms with Crippen LogP contribution in [0.4, 0.5) is 0 Å². The largest absolute Gasteiger partial charge is 0.361 e. The molecule has 0 aliphatic heterocycles. The van der Waals surface area contributed by atoms with Gasteiger partial charge >= 0.3 is 0 Å². The molecule has 2 N–H and O–H groups in total. The topological polar surface area (TPSA) is 95.7 Å². The minimum Gasteiger partial charge on any atom is -0.361 e. The third-order valence-corrected chi connectivity index (χ3v) is 6.47. The number of pyridine rings is 1. The van der Waals surface area contributed by atoms with Crippen LogP contribution in [0.5, 0.6) is 0 Å². The summed E-state index contributed by atoms with van der Waals surface area (Å²) < 4.78 is 6.80. The number of aryl methyl sites for hydroxylation is 3. The highest BCUT2D eigenvalue weighted by molar-refractivity contribution is 7.98. The maximum absolute atomic E-state index is 6.46. The van der Waals surface area contributed by atoms with Gasteiger partial charge in [-0.3, -0.25) is 0 Å². The van der Waals surface area contributed by atoms with Crippen LogP contribution in [0.3, 0.4) is 0 Å². The van der Waals surface area contributed by atoms with Crippen LogP contribution in [0.2, 0.25) is 0 Å². The van der Waals surface area contributed by atoms with Crippen LogP contribution in [-0.4, -0.2) is 25.0 Å². The summed E-state index contributed by atoms with van der Waals surface area (Å²) in [5, 5.41) is 14.4. The smallest absolute Gasteiger partial charge is 0.210 e. The van der Waals surface area contributed by atoms with E-state index < -0.39 is 0 Å². The van der Waals surface area contributed by atoms with Crippen molar-refractivity contribution >= 4 is 22.7 Å². The van der Waals surface area contributed by atoms with Crippen molar-refractivity contribution in [3.05, 3.63) is 77.2 Å². The molecule has 3 heterocycles. The Morgan fingerprint density at radius 1 is 1.00 bits per heavy atom. The molecule has 160 valence electrons. The Kier molecular flexibility index (Phi) is 5.14. The molecule has 32 heavy (non-hydrogen) atoms. The van der Waals surface area contributed by atoms with Crippen LogP contribution >= 0.6 is 11.8 Å². The highest BCUT2D eigenvalue weighted by atomic mass is 32.2. The first-order valence-corrected chi connectivity index (χ1v) is 11.2. The minimum atomic E-state index is 0.596. The summed E-state index contributed by atoms with van der Waals surface area (Å²) in [6.45, 7) is 5.91. The van der Waals surface area contributed by atoms with Crippen LogP contribution in [0, 0.1) is 20.8 Å². The summed E-state index contributed by atoms with van der Waals surface area (Å²) in [5.74, 6) is 8.52. The molecule has 0 spiro atoms. The number of aromatic nitrogens is 5. The molecular weight excluding hydrogens is 420 g/mol. The SMILES string of the molecule is Cc1ccc(-c2cc(-c3nnc(SCc4c(C)noc4C)n3N)c3ccccc3n2)cc1. The van der Waals surface area contributed by atoms with Gasteiger partial charge in [-0.15, -0.1) is 10.2 Å². The zero-order valence-electron chi connectivity index (χ0n) is 18.0. The molecule has 0 unspecified atom stereocenters. The molecule has 0 fully saturated rings. The lowest BCUT2D eigenvalue weighted by Gasteiger charge is -2.10. The number of nitrogen functional groups attached to an aromatic ring is 1. The van der Waals surface area contributed by atoms with Gasteiger partial charge in [-0.2, -0.15) is 0 Å². The van der Waals surface area contributed by atoms with E-state index in [1.54, 1.807) is 4.68 Å². The molecule has 0 saturated carbocycles. The average Bonchev–Trinajstić information content (AvgIpc) is 3.33. The molecule has 5 rings (SSSR count). The first-order chi connectivity index (χ1) is 15.5. The van der Waals surface area contributed by atoms with E-state index in [4.69, 9.17) is 15.3 Å². The second kappa shape index (κ2) is 8.12. The number of hydrogen-bond donors (Lipinski definition) is 1. The van der Waals surface area contributed by atoms with Crippen LogP contribution in [-0.2, 0) is 5.75 Å². The van der Waals surface area contributed by atoms with Gasteiger partial charge in [0.15, 0.2) is 5.82 Å². The lowest BCUT2D eigenvalue weighted by atomic mass is 10.0. The van der Waals surface area contributed by atoms with Crippen LogP contribution in [0.1, 0.15) is 22.6 Å². The lowest BCUT2D eigenvalue weighted by molar-refractivity contribution is 0.392. The van der Waals surface area contributed by atoms with Gasteiger partial charge in [0.2, 0.25) is 5.16 Å². The Labute approximate surface area is 189 Å². The molecule has 0 bridgehead atoms. The van der Waals surface area contributed by atoms with Crippen LogP contribution in [0.25, 0.3) is 33.5 Å². The number of thioether (sulfide) groups is 1. The Hall–Kier alpha value is -3.65. The summed E-state index contributed by atoms with van der Waals surface area (Å²) in [7, 11) is 0. The van der Waals surface area contributed by atoms with Gasteiger partial charge < -0.3 is 10.4 Å². The number of para-hydroxylation sites is 1. The highest BCUT2D eigenvalue weighted by Gasteiger charge is 2.18. The van der Waals surface area contributed by atoms with E-state index in [0.717, 1.165) is 44.7 Å². The van der Waals surface area contributed by atoms with Crippen LogP contribution in [0.15, 0.2) is 64.3 Å². The molecule has 5 aromatic rings. The summed E-state index contributed by atoms with van der Waals surface area (Å²) >= 11 is 1.50. The number of rotatable bonds is 5. The van der Waals surface area contributed by atoms with Gasteiger partial charge in [-0.05, 0) is 32.9 Å². The second-order valence-corrected chi connectivity index (χ2v) is 8.65. The van der Waals surface area contributed by atoms with Crippen molar-refractivity contribution in [1.29, 1.82) is 0 Å². The third kappa shape index (κ3) is 3.62. The summed E-state index contributed by atoms with van der Waals surface area (Å²) in [4.78, 5) is 4.87. The van der Waals surface area contributed by atoms with E-state index >= 15 is 0 Å². The molecular formula is C24H22N6OS. The van der Waals surface area contributed by atoms with Crippen molar-refractivity contribution in [2.24, 2.45) is 0 Å². The monoisotopic (exact) mass is 442 g/mol. The Balaban J connectivity index is 1.56. The van der Waals surface area contributed by atoms with Crippen molar-refractivity contribution in [2.75, 3.05) is 5.84 Å². The van der Waals surface area contributed by atoms with Crippen molar-refractivity contribution in [3.8, 4) is 22.6 Å². The predicted octanol–water partition coefficient (Wildman–Crippen LogP) is 5.08. The van der Waals surface area contributed by atoms with Gasteiger partial charge in [0.05, 0.1) is 16.9 Å². The fraction of sp³-hybridized carbons (Fsp3) is 0.167. The zero-order valence-corrected chi connectivity index (χ0v) is 18.8. The van der Waals surface area contributed by atoms with E-state index in [-0.39, 0.29) is 0 Å². The first kappa shape index (κ1) is 20.3. The number of nitrogens with two attached hydrogens (primary N) is 1. The van der Waals surface area contributed by atoms with Gasteiger partial charge in [-0.25, -0.2) is 9.66 Å². The molecule has 2 aromatic carbocycles. The molecule has 8 heteroatoms. The molecule has 0 aliphatic carbocycles. The Morgan fingerprint density at radius 2 is 1.78 bits per heavy atom. The molecule has 0 atom stereocenters. The van der Waals surface area contributed by atoms with Crippen molar-refractivity contribution in [1.82, 2.24) is 25.0 Å². The maximum atomic E-state index is 6.46. The second-order valence-electron chi connectivity index (χ2n) is 7.71. The van der Waals surface area contributed by atoms with Crippen molar-refractivity contribution in [2.45, 2.75) is 31.7 Å². The first-order valence-electron chi connectivity index (χ1n) is 10.2. The quantitative estimate of drug-likeness (QED) is 0.299. The van der Waals surface area contributed by atoms with Gasteiger partial charge in [0.25, 0.3) is 0 Å². The summed E-state index contributed by atoms with van der Waals surface area (Å²) in [6, 6.07) is 18.4. The molecule has 3 aromatic heterocycles. The van der Waals surface area contributed by atoms with Crippen molar-refractivity contribution < 1.29 is 4.52 Å². The number of fused-ring (bicyclic) bond motifs is 1. The van der Waals surface area contributed by atoms with E-state index in [0.29, 0.717) is 16.7 Å². The third-order valence-electron chi connectivity index (χ3n) is 5.50. The van der Waals surface area contributed by atoms with Crippen LogP contribution < -0.4 is 5.84 Å². The predicted molar refractivity (Wildman–Crippen MR) is 127 cm³/mol. The number of hydrogen-bond acceptors (Lipinski definition) is 7. The minimum absolute atomic E-state index is 0.596. The average molecular weight is 443 g/mol. The standard InChI is InChI=1S/C24H22N6OS/c1-14-8-10-17(11-9-14)22-12-19(18-6-4-5-7-21(18)26-22)23-27-28-24(30(23)25)32-13-20-15(2)29-31-16(20)3/h4-12H,13,25H2,1-3H3. The lowest BCUT2D eigenvalue weighted by Crippen LogP contribution is -2.12. The molecule has 0 aliphatic rings. The zero-order chi connectivity index (χ0) is 22.2. The van der Waals surface area contributed by atoms with E-state index in [1.165, 1.54) is 17.3 Å². The maximum Gasteiger partial charge on any atom is 0.210 e. The van der Waals surface area contributed by atoms with Gasteiger partial charge in [0.1, 0.15) is 5.76 Å². The number of benzene rings is 2. The molecule has 7 nitrogen and oxygen atoms in total. The fourth-order valence-electron chi connectivity index (χ4n) is 3.64. The molecule has 0 radical (unpaired) electrons. The molecule has 0 amide bonds.